The summed E-state index contributed by atoms with van der Waals surface area (Å²) < 4.78 is 10.5. The largest absolute Gasteiger partial charge is 0.497 e. The molecule has 1 rings (SSSR count). The van der Waals surface area contributed by atoms with Gasteiger partial charge in [0, 0.05) is 9.64 Å². The molecule has 0 saturated heterocycles. The van der Waals surface area contributed by atoms with Crippen LogP contribution in [0.3, 0.4) is 0 Å². The molecule has 76 valence electrons. The lowest BCUT2D eigenvalue weighted by molar-refractivity contribution is 0.0692. The third-order valence-corrected chi connectivity index (χ3v) is 2.55. The summed E-state index contributed by atoms with van der Waals surface area (Å²) >= 11 is 1.93. The van der Waals surface area contributed by atoms with Gasteiger partial charge < -0.3 is 14.6 Å². The van der Waals surface area contributed by atoms with E-state index in [1.807, 2.05) is 22.6 Å². The van der Waals surface area contributed by atoms with Gasteiger partial charge in [-0.1, -0.05) is 0 Å². The minimum Gasteiger partial charge on any atom is -0.497 e. The van der Waals surface area contributed by atoms with Gasteiger partial charge in [-0.05, 0) is 28.7 Å². The number of methoxy groups -OCH3 is 2. The Balaban J connectivity index is 3.34. The van der Waals surface area contributed by atoms with E-state index in [1.54, 1.807) is 12.1 Å². The van der Waals surface area contributed by atoms with Gasteiger partial charge in [-0.3, -0.25) is 0 Å². The summed E-state index contributed by atoms with van der Waals surface area (Å²) in [7, 11) is 2.95. The van der Waals surface area contributed by atoms with Gasteiger partial charge in [0.2, 0.25) is 0 Å². The second-order valence-corrected chi connectivity index (χ2v) is 3.65. The Morgan fingerprint density at radius 2 is 2.00 bits per heavy atom. The zero-order valence-corrected chi connectivity index (χ0v) is 9.86. The quantitative estimate of drug-likeness (QED) is 0.868. The highest BCUT2D eigenvalue weighted by atomic mass is 127. The van der Waals surface area contributed by atoms with Crippen molar-refractivity contribution in [1.29, 1.82) is 0 Å². The third kappa shape index (κ3) is 2.09. The smallest absolute Gasteiger partial charge is 0.340 e. The van der Waals surface area contributed by atoms with Gasteiger partial charge in [0.25, 0.3) is 0 Å². The molecule has 0 saturated carbocycles. The number of carboxylic acids is 1. The lowest BCUT2D eigenvalue weighted by atomic mass is 10.2. The zero-order valence-electron chi connectivity index (χ0n) is 7.70. The van der Waals surface area contributed by atoms with Gasteiger partial charge >= 0.3 is 5.97 Å². The van der Waals surface area contributed by atoms with E-state index in [-0.39, 0.29) is 5.56 Å². The zero-order chi connectivity index (χ0) is 10.7. The standard InChI is InChI=1S/C9H9IO4/c1-13-5-3-6(10)8(9(11)12)7(4-5)14-2/h3-4H,1-2H3,(H,11,12). The fourth-order valence-corrected chi connectivity index (χ4v) is 1.85. The van der Waals surface area contributed by atoms with Gasteiger partial charge in [0.1, 0.15) is 17.1 Å². The molecule has 1 aromatic rings. The molecule has 0 unspecified atom stereocenters. The molecule has 14 heavy (non-hydrogen) atoms. The van der Waals surface area contributed by atoms with Crippen LogP contribution in [0, 0.1) is 3.57 Å². The second-order valence-electron chi connectivity index (χ2n) is 2.49. The molecule has 4 nitrogen and oxygen atoms in total. The molecule has 0 fully saturated rings. The van der Waals surface area contributed by atoms with E-state index >= 15 is 0 Å². The summed E-state index contributed by atoms with van der Waals surface area (Å²) in [5, 5.41) is 8.92. The van der Waals surface area contributed by atoms with Crippen molar-refractivity contribution >= 4 is 28.6 Å². The molecule has 1 N–H and O–H groups in total. The van der Waals surface area contributed by atoms with E-state index in [1.165, 1.54) is 14.2 Å². The Morgan fingerprint density at radius 1 is 1.36 bits per heavy atom. The fraction of sp³-hybridized carbons (Fsp3) is 0.222. The third-order valence-electron chi connectivity index (χ3n) is 1.70. The van der Waals surface area contributed by atoms with Crippen molar-refractivity contribution in [2.45, 2.75) is 0 Å². The van der Waals surface area contributed by atoms with E-state index in [0.29, 0.717) is 15.1 Å². The average molecular weight is 308 g/mol. The fourth-order valence-electron chi connectivity index (χ4n) is 1.04. The van der Waals surface area contributed by atoms with Crippen molar-refractivity contribution in [1.82, 2.24) is 0 Å². The molecule has 1 aromatic carbocycles. The molecule has 0 atom stereocenters. The summed E-state index contributed by atoms with van der Waals surface area (Å²) in [4.78, 5) is 10.9. The molecule has 0 bridgehead atoms. The molecule has 0 aromatic heterocycles. The van der Waals surface area contributed by atoms with Gasteiger partial charge in [-0.25, -0.2) is 4.79 Å². The lowest BCUT2D eigenvalue weighted by Crippen LogP contribution is -2.03. The number of carbonyl (C=O) groups is 1. The SMILES string of the molecule is COc1cc(I)c(C(=O)O)c(OC)c1. The van der Waals surface area contributed by atoms with Crippen molar-refractivity contribution in [3.63, 3.8) is 0 Å². The van der Waals surface area contributed by atoms with Crippen LogP contribution in [0.2, 0.25) is 0 Å². The van der Waals surface area contributed by atoms with Gasteiger partial charge in [-0.15, -0.1) is 0 Å². The summed E-state index contributed by atoms with van der Waals surface area (Å²) in [5.74, 6) is -0.119. The lowest BCUT2D eigenvalue weighted by Gasteiger charge is -2.09. The van der Waals surface area contributed by atoms with Crippen molar-refractivity contribution < 1.29 is 19.4 Å². The maximum atomic E-state index is 10.9. The van der Waals surface area contributed by atoms with Crippen molar-refractivity contribution in [3.05, 3.63) is 21.3 Å². The van der Waals surface area contributed by atoms with Crippen molar-refractivity contribution in [2.75, 3.05) is 14.2 Å². The molecule has 0 aliphatic rings. The van der Waals surface area contributed by atoms with Crippen LogP contribution >= 0.6 is 22.6 Å². The van der Waals surface area contributed by atoms with Crippen LogP contribution in [0.1, 0.15) is 10.4 Å². The molecule has 0 spiro atoms. The van der Waals surface area contributed by atoms with Crippen LogP contribution in [0.25, 0.3) is 0 Å². The number of aromatic carboxylic acids is 1. The molecule has 0 aliphatic heterocycles. The van der Waals surface area contributed by atoms with E-state index in [9.17, 15) is 4.79 Å². The molecule has 0 radical (unpaired) electrons. The van der Waals surface area contributed by atoms with Crippen LogP contribution < -0.4 is 9.47 Å². The molecular formula is C9H9IO4. The number of hydrogen-bond acceptors (Lipinski definition) is 3. The number of halogens is 1. The minimum atomic E-state index is -1.01. The normalized spacial score (nSPS) is 9.64. The van der Waals surface area contributed by atoms with E-state index in [2.05, 4.69) is 0 Å². The Labute approximate surface area is 95.0 Å². The predicted molar refractivity (Wildman–Crippen MR) is 59.2 cm³/mol. The topological polar surface area (TPSA) is 55.8 Å². The summed E-state index contributed by atoms with van der Waals surface area (Å²) in [6.07, 6.45) is 0. The average Bonchev–Trinajstić information content (AvgIpc) is 2.15. The highest BCUT2D eigenvalue weighted by molar-refractivity contribution is 14.1. The van der Waals surface area contributed by atoms with Crippen LogP contribution in [0.4, 0.5) is 0 Å². The van der Waals surface area contributed by atoms with E-state index in [4.69, 9.17) is 14.6 Å². The first-order chi connectivity index (χ1) is 6.60. The number of ether oxygens (including phenoxy) is 2. The first-order valence-electron chi connectivity index (χ1n) is 3.75. The van der Waals surface area contributed by atoms with Gasteiger partial charge in [0.15, 0.2) is 0 Å². The molecule has 0 heterocycles. The van der Waals surface area contributed by atoms with Gasteiger partial charge in [-0.2, -0.15) is 0 Å². The van der Waals surface area contributed by atoms with E-state index < -0.39 is 5.97 Å². The highest BCUT2D eigenvalue weighted by Gasteiger charge is 2.16. The summed E-state index contributed by atoms with van der Waals surface area (Å²) in [6, 6.07) is 3.19. The summed E-state index contributed by atoms with van der Waals surface area (Å²) in [5.41, 5.74) is 0.161. The second kappa shape index (κ2) is 4.50. The maximum Gasteiger partial charge on any atom is 0.340 e. The molecular weight excluding hydrogens is 299 g/mol. The Bertz CT molecular complexity index is 362. The molecule has 5 heteroatoms. The number of carboxylic acid groups (broad SMARTS) is 1. The monoisotopic (exact) mass is 308 g/mol. The summed E-state index contributed by atoms with van der Waals surface area (Å²) in [6.45, 7) is 0. The minimum absolute atomic E-state index is 0.161. The predicted octanol–water partition coefficient (Wildman–Crippen LogP) is 2.01. The number of hydrogen-bond donors (Lipinski definition) is 1. The first kappa shape index (κ1) is 11.1. The van der Waals surface area contributed by atoms with Crippen LogP contribution in [0.15, 0.2) is 12.1 Å². The molecule has 0 amide bonds. The Morgan fingerprint density at radius 3 is 2.43 bits per heavy atom. The van der Waals surface area contributed by atoms with Crippen LogP contribution in [0.5, 0.6) is 11.5 Å². The van der Waals surface area contributed by atoms with Crippen molar-refractivity contribution in [3.8, 4) is 11.5 Å². The van der Waals surface area contributed by atoms with Crippen molar-refractivity contribution in [2.24, 2.45) is 0 Å². The Hall–Kier alpha value is -0.980. The van der Waals surface area contributed by atoms with E-state index in [0.717, 1.165) is 0 Å². The number of benzene rings is 1. The highest BCUT2D eigenvalue weighted by Crippen LogP contribution is 2.29. The van der Waals surface area contributed by atoms with Crippen LogP contribution in [-0.4, -0.2) is 25.3 Å². The number of rotatable bonds is 3. The molecule has 0 aliphatic carbocycles. The Kier molecular flexibility index (Phi) is 3.56. The first-order valence-corrected chi connectivity index (χ1v) is 4.82. The van der Waals surface area contributed by atoms with Crippen LogP contribution in [-0.2, 0) is 0 Å². The van der Waals surface area contributed by atoms with Gasteiger partial charge in [0.05, 0.1) is 14.2 Å². The maximum absolute atomic E-state index is 10.9.